The number of nitrogens with zero attached hydrogens (tertiary/aromatic N) is 1. The second kappa shape index (κ2) is 7.09. The van der Waals surface area contributed by atoms with Crippen LogP contribution in [0.3, 0.4) is 0 Å². The van der Waals surface area contributed by atoms with Gasteiger partial charge in [-0.05, 0) is 48.9 Å². The molecule has 0 aromatic heterocycles. The SMILES string of the molecule is COc1ccc(N2C(=O)C(Cl)=C(Nc3cc(C)ccc3OC)C2=O)cc1. The lowest BCUT2D eigenvalue weighted by molar-refractivity contribution is -0.120. The van der Waals surface area contributed by atoms with Crippen LogP contribution in [0, 0.1) is 6.92 Å². The smallest absolute Gasteiger partial charge is 0.283 e. The Hall–Kier alpha value is -2.99. The van der Waals surface area contributed by atoms with E-state index < -0.39 is 11.8 Å². The third-order valence-electron chi connectivity index (χ3n) is 3.97. The number of hydrogen-bond donors (Lipinski definition) is 1. The Morgan fingerprint density at radius 1 is 0.962 bits per heavy atom. The van der Waals surface area contributed by atoms with Crippen molar-refractivity contribution >= 4 is 34.8 Å². The highest BCUT2D eigenvalue weighted by Crippen LogP contribution is 2.33. The Morgan fingerprint density at radius 2 is 1.65 bits per heavy atom. The molecule has 7 heteroatoms. The highest BCUT2D eigenvalue weighted by molar-refractivity contribution is 6.53. The quantitative estimate of drug-likeness (QED) is 0.814. The lowest BCUT2D eigenvalue weighted by atomic mass is 10.2. The molecule has 0 saturated carbocycles. The largest absolute Gasteiger partial charge is 0.497 e. The van der Waals surface area contributed by atoms with E-state index in [-0.39, 0.29) is 10.7 Å². The molecule has 0 saturated heterocycles. The van der Waals surface area contributed by atoms with Crippen LogP contribution in [0.15, 0.2) is 53.2 Å². The fourth-order valence-electron chi connectivity index (χ4n) is 2.63. The number of methoxy groups -OCH3 is 2. The van der Waals surface area contributed by atoms with Gasteiger partial charge in [0.15, 0.2) is 0 Å². The molecule has 0 unspecified atom stereocenters. The van der Waals surface area contributed by atoms with Gasteiger partial charge in [-0.25, -0.2) is 4.90 Å². The van der Waals surface area contributed by atoms with E-state index in [4.69, 9.17) is 21.1 Å². The maximum Gasteiger partial charge on any atom is 0.283 e. The van der Waals surface area contributed by atoms with Crippen molar-refractivity contribution in [2.75, 3.05) is 24.4 Å². The average molecular weight is 373 g/mol. The number of carbonyl (C=O) groups is 2. The van der Waals surface area contributed by atoms with Crippen LogP contribution in [0.5, 0.6) is 11.5 Å². The van der Waals surface area contributed by atoms with E-state index in [1.165, 1.54) is 14.2 Å². The van der Waals surface area contributed by atoms with E-state index in [1.54, 1.807) is 30.3 Å². The zero-order chi connectivity index (χ0) is 18.8. The predicted molar refractivity (Wildman–Crippen MR) is 99.7 cm³/mol. The van der Waals surface area contributed by atoms with Gasteiger partial charge in [0, 0.05) is 0 Å². The van der Waals surface area contributed by atoms with E-state index in [1.807, 2.05) is 19.1 Å². The van der Waals surface area contributed by atoms with Crippen LogP contribution in [0.4, 0.5) is 11.4 Å². The van der Waals surface area contributed by atoms with Crippen LogP contribution < -0.4 is 19.7 Å². The summed E-state index contributed by atoms with van der Waals surface area (Å²) in [5.41, 5.74) is 1.94. The van der Waals surface area contributed by atoms with Crippen LogP contribution in [-0.2, 0) is 9.59 Å². The summed E-state index contributed by atoms with van der Waals surface area (Å²) in [6.45, 7) is 1.91. The minimum atomic E-state index is -0.587. The number of ether oxygens (including phenoxy) is 2. The first-order valence-corrected chi connectivity index (χ1v) is 8.18. The van der Waals surface area contributed by atoms with Gasteiger partial charge < -0.3 is 14.8 Å². The number of nitrogens with one attached hydrogen (secondary N) is 1. The molecule has 0 atom stereocenters. The van der Waals surface area contributed by atoms with Crippen LogP contribution in [0.2, 0.25) is 0 Å². The molecule has 0 aliphatic carbocycles. The maximum atomic E-state index is 12.8. The number of anilines is 2. The van der Waals surface area contributed by atoms with E-state index in [9.17, 15) is 9.59 Å². The van der Waals surface area contributed by atoms with Crippen molar-refractivity contribution in [3.8, 4) is 11.5 Å². The molecule has 1 aliphatic heterocycles. The van der Waals surface area contributed by atoms with Gasteiger partial charge >= 0.3 is 0 Å². The summed E-state index contributed by atoms with van der Waals surface area (Å²) in [4.78, 5) is 26.3. The zero-order valence-electron chi connectivity index (χ0n) is 14.5. The summed E-state index contributed by atoms with van der Waals surface area (Å²) < 4.78 is 10.4. The predicted octanol–water partition coefficient (Wildman–Crippen LogP) is 3.45. The van der Waals surface area contributed by atoms with Gasteiger partial charge in [-0.15, -0.1) is 0 Å². The van der Waals surface area contributed by atoms with E-state index in [2.05, 4.69) is 5.32 Å². The van der Waals surface area contributed by atoms with Crippen molar-refractivity contribution in [1.82, 2.24) is 0 Å². The fraction of sp³-hybridized carbons (Fsp3) is 0.158. The second-order valence-electron chi connectivity index (χ2n) is 5.66. The molecule has 1 N–H and O–H groups in total. The summed E-state index contributed by atoms with van der Waals surface area (Å²) in [6, 6.07) is 12.0. The molecule has 0 spiro atoms. The topological polar surface area (TPSA) is 67.9 Å². The van der Waals surface area contributed by atoms with Gasteiger partial charge in [0.25, 0.3) is 11.8 Å². The standard InChI is InChI=1S/C19H17ClN2O4/c1-11-4-9-15(26-3)14(10-11)21-17-16(20)18(23)22(19(17)24)12-5-7-13(25-2)8-6-12/h4-10,21H,1-3H3. The van der Waals surface area contributed by atoms with Gasteiger partial charge in [0.2, 0.25) is 0 Å². The Kier molecular flexibility index (Phi) is 4.86. The highest BCUT2D eigenvalue weighted by atomic mass is 35.5. The molecule has 2 aromatic rings. The van der Waals surface area contributed by atoms with E-state index in [0.29, 0.717) is 22.9 Å². The van der Waals surface area contributed by atoms with Crippen molar-refractivity contribution in [2.45, 2.75) is 6.92 Å². The molecule has 1 heterocycles. The number of benzene rings is 2. The normalized spacial score (nSPS) is 14.1. The Morgan fingerprint density at radius 3 is 2.27 bits per heavy atom. The van der Waals surface area contributed by atoms with Crippen molar-refractivity contribution < 1.29 is 19.1 Å². The number of imide groups is 1. The van der Waals surface area contributed by atoms with Crippen molar-refractivity contribution in [3.05, 3.63) is 58.8 Å². The summed E-state index contributed by atoms with van der Waals surface area (Å²) in [5, 5.41) is 2.77. The van der Waals surface area contributed by atoms with E-state index in [0.717, 1.165) is 10.5 Å². The number of halogens is 1. The van der Waals surface area contributed by atoms with Gasteiger partial charge in [-0.2, -0.15) is 0 Å². The Labute approximate surface area is 156 Å². The average Bonchev–Trinajstić information content (AvgIpc) is 2.85. The molecule has 1 aliphatic rings. The maximum absolute atomic E-state index is 12.8. The zero-order valence-corrected chi connectivity index (χ0v) is 15.3. The highest BCUT2D eigenvalue weighted by Gasteiger charge is 2.39. The van der Waals surface area contributed by atoms with Crippen LogP contribution in [0.25, 0.3) is 0 Å². The van der Waals surface area contributed by atoms with Gasteiger partial charge in [0.05, 0.1) is 25.6 Å². The summed E-state index contributed by atoms with van der Waals surface area (Å²) in [5.74, 6) is 0.0372. The number of aryl methyl sites for hydroxylation is 1. The molecule has 26 heavy (non-hydrogen) atoms. The third-order valence-corrected chi connectivity index (χ3v) is 4.32. The van der Waals surface area contributed by atoms with Gasteiger partial charge in [-0.1, -0.05) is 17.7 Å². The first-order valence-electron chi connectivity index (χ1n) is 7.80. The second-order valence-corrected chi connectivity index (χ2v) is 6.04. The molecule has 134 valence electrons. The van der Waals surface area contributed by atoms with Crippen LogP contribution in [0.1, 0.15) is 5.56 Å². The van der Waals surface area contributed by atoms with Crippen molar-refractivity contribution in [2.24, 2.45) is 0 Å². The molecule has 2 amide bonds. The van der Waals surface area contributed by atoms with Crippen molar-refractivity contribution in [3.63, 3.8) is 0 Å². The minimum Gasteiger partial charge on any atom is -0.497 e. The Bertz CT molecular complexity index is 906. The lowest BCUT2D eigenvalue weighted by Gasteiger charge is -2.16. The molecule has 0 bridgehead atoms. The molecule has 6 nitrogen and oxygen atoms in total. The first kappa shape index (κ1) is 17.8. The third kappa shape index (κ3) is 3.11. The van der Waals surface area contributed by atoms with Gasteiger partial charge in [0.1, 0.15) is 22.2 Å². The number of amides is 2. The summed E-state index contributed by atoms with van der Waals surface area (Å²) in [6.07, 6.45) is 0. The number of carbonyl (C=O) groups excluding carboxylic acids is 2. The molecule has 3 rings (SSSR count). The monoisotopic (exact) mass is 372 g/mol. The number of rotatable bonds is 5. The van der Waals surface area contributed by atoms with Gasteiger partial charge in [-0.3, -0.25) is 9.59 Å². The van der Waals surface area contributed by atoms with Crippen LogP contribution in [-0.4, -0.2) is 26.0 Å². The molecule has 2 aromatic carbocycles. The number of hydrogen-bond acceptors (Lipinski definition) is 5. The summed E-state index contributed by atoms with van der Waals surface area (Å²) in [7, 11) is 3.06. The first-order chi connectivity index (χ1) is 12.5. The minimum absolute atomic E-state index is 0.0105. The molecule has 0 fully saturated rings. The van der Waals surface area contributed by atoms with Crippen LogP contribution >= 0.6 is 11.6 Å². The Balaban J connectivity index is 1.93. The molecule has 0 radical (unpaired) electrons. The van der Waals surface area contributed by atoms with E-state index >= 15 is 0 Å². The van der Waals surface area contributed by atoms with Crippen molar-refractivity contribution in [1.29, 1.82) is 0 Å². The molecular formula is C19H17ClN2O4. The summed E-state index contributed by atoms with van der Waals surface area (Å²) >= 11 is 6.15. The fourth-order valence-corrected chi connectivity index (χ4v) is 2.84. The molecular weight excluding hydrogens is 356 g/mol. The lowest BCUT2D eigenvalue weighted by Crippen LogP contribution is -2.32.